The van der Waals surface area contributed by atoms with Crippen LogP contribution in [0.2, 0.25) is 5.04 Å². The molecular formula is C25H31NO3SSi. The van der Waals surface area contributed by atoms with Crippen LogP contribution in [0, 0.1) is 0 Å². The largest absolute Gasteiger partial charge is 0.465 e. The summed E-state index contributed by atoms with van der Waals surface area (Å²) in [5, 5.41) is 2.91. The second-order valence-electron chi connectivity index (χ2n) is 8.79. The van der Waals surface area contributed by atoms with Crippen LogP contribution in [-0.4, -0.2) is 28.0 Å². The SMILES string of the molecule is COC(=O)c1cc([C@H](C)CO[Si](c2ccccc2)(c2ccccc2)C(C)(C)C)sc1N. The summed E-state index contributed by atoms with van der Waals surface area (Å²) in [4.78, 5) is 13.0. The average molecular weight is 454 g/mol. The smallest absolute Gasteiger partial charge is 0.340 e. The molecule has 164 valence electrons. The van der Waals surface area contributed by atoms with Gasteiger partial charge in [0, 0.05) is 17.4 Å². The molecule has 1 aromatic heterocycles. The molecule has 0 aliphatic rings. The van der Waals surface area contributed by atoms with Gasteiger partial charge >= 0.3 is 5.97 Å². The average Bonchev–Trinajstić information content (AvgIpc) is 3.16. The van der Waals surface area contributed by atoms with E-state index < -0.39 is 14.3 Å². The molecule has 1 atom stereocenters. The quantitative estimate of drug-likeness (QED) is 0.412. The Morgan fingerprint density at radius 2 is 1.55 bits per heavy atom. The number of carbonyl (C=O) groups is 1. The summed E-state index contributed by atoms with van der Waals surface area (Å²) in [6.45, 7) is 9.45. The summed E-state index contributed by atoms with van der Waals surface area (Å²) < 4.78 is 11.9. The number of hydrogen-bond acceptors (Lipinski definition) is 5. The lowest BCUT2D eigenvalue weighted by Gasteiger charge is -2.43. The monoisotopic (exact) mass is 453 g/mol. The Morgan fingerprint density at radius 3 is 2.00 bits per heavy atom. The van der Waals surface area contributed by atoms with E-state index in [0.29, 0.717) is 17.2 Å². The highest BCUT2D eigenvalue weighted by Crippen LogP contribution is 2.38. The Morgan fingerprint density at radius 1 is 1.03 bits per heavy atom. The Labute approximate surface area is 190 Å². The predicted molar refractivity (Wildman–Crippen MR) is 132 cm³/mol. The van der Waals surface area contributed by atoms with Gasteiger partial charge in [-0.3, -0.25) is 0 Å². The van der Waals surface area contributed by atoms with E-state index >= 15 is 0 Å². The van der Waals surface area contributed by atoms with Crippen molar-refractivity contribution >= 4 is 41.0 Å². The molecule has 0 spiro atoms. The zero-order valence-corrected chi connectivity index (χ0v) is 20.7. The van der Waals surface area contributed by atoms with Crippen LogP contribution in [0.4, 0.5) is 5.00 Å². The number of ether oxygens (including phenoxy) is 1. The van der Waals surface area contributed by atoms with E-state index in [2.05, 4.69) is 76.2 Å². The number of hydrogen-bond donors (Lipinski definition) is 1. The molecule has 0 fully saturated rings. The van der Waals surface area contributed by atoms with Gasteiger partial charge in [-0.05, 0) is 21.5 Å². The van der Waals surface area contributed by atoms with Gasteiger partial charge in [0.05, 0.1) is 12.7 Å². The number of benzene rings is 2. The van der Waals surface area contributed by atoms with E-state index in [1.807, 2.05) is 18.2 Å². The molecule has 2 N–H and O–H groups in total. The summed E-state index contributed by atoms with van der Waals surface area (Å²) in [6.07, 6.45) is 0. The molecule has 3 aromatic rings. The molecule has 0 unspecified atom stereocenters. The zero-order valence-electron chi connectivity index (χ0n) is 18.8. The molecule has 3 rings (SSSR count). The lowest BCUT2D eigenvalue weighted by Crippen LogP contribution is -2.66. The van der Waals surface area contributed by atoms with Crippen molar-refractivity contribution in [3.63, 3.8) is 0 Å². The predicted octanol–water partition coefficient (Wildman–Crippen LogP) is 4.80. The Kier molecular flexibility index (Phi) is 7.04. The lowest BCUT2D eigenvalue weighted by atomic mass is 10.1. The molecule has 2 aromatic carbocycles. The van der Waals surface area contributed by atoms with E-state index in [9.17, 15) is 4.79 Å². The third-order valence-electron chi connectivity index (χ3n) is 5.64. The highest BCUT2D eigenvalue weighted by atomic mass is 32.1. The normalized spacial score (nSPS) is 13.1. The fourth-order valence-electron chi connectivity index (χ4n) is 4.03. The van der Waals surface area contributed by atoms with Crippen molar-refractivity contribution in [3.8, 4) is 0 Å². The highest BCUT2D eigenvalue weighted by Gasteiger charge is 2.50. The minimum Gasteiger partial charge on any atom is -0.465 e. The van der Waals surface area contributed by atoms with E-state index in [0.717, 1.165) is 4.88 Å². The number of methoxy groups -OCH3 is 1. The molecule has 0 saturated carbocycles. The summed E-state index contributed by atoms with van der Waals surface area (Å²) in [5.41, 5.74) is 6.50. The van der Waals surface area contributed by atoms with Crippen LogP contribution in [0.5, 0.6) is 0 Å². The van der Waals surface area contributed by atoms with Gasteiger partial charge in [0.15, 0.2) is 0 Å². The molecule has 6 heteroatoms. The van der Waals surface area contributed by atoms with E-state index in [1.54, 1.807) is 0 Å². The zero-order chi connectivity index (χ0) is 22.6. The van der Waals surface area contributed by atoms with E-state index in [1.165, 1.54) is 28.8 Å². The van der Waals surface area contributed by atoms with Gasteiger partial charge in [-0.1, -0.05) is 88.4 Å². The van der Waals surface area contributed by atoms with E-state index in [4.69, 9.17) is 14.9 Å². The number of esters is 1. The first-order chi connectivity index (χ1) is 14.7. The number of nitrogen functional groups attached to an aromatic ring is 1. The van der Waals surface area contributed by atoms with E-state index in [-0.39, 0.29) is 11.0 Å². The summed E-state index contributed by atoms with van der Waals surface area (Å²) in [7, 11) is -1.23. The Hall–Kier alpha value is -2.41. The molecule has 0 bridgehead atoms. The van der Waals surface area contributed by atoms with Crippen LogP contribution in [0.15, 0.2) is 66.7 Å². The maximum absolute atomic E-state index is 12.0. The first-order valence-corrected chi connectivity index (χ1v) is 13.2. The molecule has 4 nitrogen and oxygen atoms in total. The third kappa shape index (κ3) is 4.61. The number of rotatable bonds is 7. The van der Waals surface area contributed by atoms with Gasteiger partial charge in [-0.2, -0.15) is 0 Å². The number of nitrogens with two attached hydrogens (primary N) is 1. The highest BCUT2D eigenvalue weighted by molar-refractivity contribution is 7.16. The fourth-order valence-corrected chi connectivity index (χ4v) is 9.64. The maximum Gasteiger partial charge on any atom is 0.340 e. The lowest BCUT2D eigenvalue weighted by molar-refractivity contribution is 0.0602. The van der Waals surface area contributed by atoms with Crippen molar-refractivity contribution in [2.45, 2.75) is 38.7 Å². The molecule has 0 amide bonds. The van der Waals surface area contributed by atoms with Crippen molar-refractivity contribution in [1.29, 1.82) is 0 Å². The minimum atomic E-state index is -2.60. The van der Waals surface area contributed by atoms with Crippen LogP contribution < -0.4 is 16.1 Å². The molecule has 0 aliphatic heterocycles. The van der Waals surface area contributed by atoms with Crippen LogP contribution in [0.25, 0.3) is 0 Å². The number of carbonyl (C=O) groups excluding carboxylic acids is 1. The van der Waals surface area contributed by atoms with Gasteiger partial charge in [-0.25, -0.2) is 4.79 Å². The fraction of sp³-hybridized carbons (Fsp3) is 0.320. The molecule has 31 heavy (non-hydrogen) atoms. The van der Waals surface area contributed by atoms with Gasteiger partial charge in [0.1, 0.15) is 5.00 Å². The van der Waals surface area contributed by atoms with Crippen molar-refractivity contribution in [2.75, 3.05) is 19.5 Å². The second kappa shape index (κ2) is 9.38. The summed E-state index contributed by atoms with van der Waals surface area (Å²) in [5.74, 6) is -0.313. The molecule has 0 radical (unpaired) electrons. The third-order valence-corrected chi connectivity index (χ3v) is 11.8. The number of thiophene rings is 1. The summed E-state index contributed by atoms with van der Waals surface area (Å²) >= 11 is 1.43. The van der Waals surface area contributed by atoms with Crippen LogP contribution in [-0.2, 0) is 9.16 Å². The summed E-state index contributed by atoms with van der Waals surface area (Å²) in [6, 6.07) is 23.0. The van der Waals surface area contributed by atoms with Crippen molar-refractivity contribution in [3.05, 3.63) is 77.2 Å². The number of anilines is 1. The first-order valence-electron chi connectivity index (χ1n) is 10.4. The molecule has 0 aliphatic carbocycles. The second-order valence-corrected chi connectivity index (χ2v) is 14.2. The van der Waals surface area contributed by atoms with Crippen LogP contribution in [0.3, 0.4) is 0 Å². The molecule has 0 saturated heterocycles. The van der Waals surface area contributed by atoms with Crippen LogP contribution >= 0.6 is 11.3 Å². The van der Waals surface area contributed by atoms with Gasteiger partial charge in [0.25, 0.3) is 8.32 Å². The van der Waals surface area contributed by atoms with Crippen LogP contribution in [0.1, 0.15) is 48.8 Å². The molecular weight excluding hydrogens is 422 g/mol. The van der Waals surface area contributed by atoms with Crippen molar-refractivity contribution < 1.29 is 14.0 Å². The van der Waals surface area contributed by atoms with Gasteiger partial charge in [-0.15, -0.1) is 11.3 Å². The minimum absolute atomic E-state index is 0.0823. The Balaban J connectivity index is 1.99. The van der Waals surface area contributed by atoms with Crippen molar-refractivity contribution in [2.24, 2.45) is 0 Å². The standard InChI is InChI=1S/C25H31NO3SSi/c1-18(22-16-21(23(26)30-22)24(27)28-5)17-29-31(25(2,3)4,19-12-8-6-9-13-19)20-14-10-7-11-15-20/h6-16,18H,17,26H2,1-5H3/t18-/m1/s1. The maximum atomic E-state index is 12.0. The van der Waals surface area contributed by atoms with Gasteiger partial charge < -0.3 is 14.9 Å². The van der Waals surface area contributed by atoms with Crippen molar-refractivity contribution in [1.82, 2.24) is 0 Å². The Bertz CT molecular complexity index is 973. The van der Waals surface area contributed by atoms with Gasteiger partial charge in [0.2, 0.25) is 0 Å². The first kappa shape index (κ1) is 23.3. The molecule has 1 heterocycles. The topological polar surface area (TPSA) is 61.5 Å².